The van der Waals surface area contributed by atoms with Crippen LogP contribution in [0.2, 0.25) is 5.02 Å². The van der Waals surface area contributed by atoms with E-state index in [-0.39, 0.29) is 11.3 Å². The molecule has 108 valence electrons. The van der Waals surface area contributed by atoms with E-state index in [1.807, 2.05) is 12.1 Å². The Morgan fingerprint density at radius 3 is 2.45 bits per heavy atom. The zero-order chi connectivity index (χ0) is 14.5. The molecule has 2 saturated carbocycles. The Morgan fingerprint density at radius 1 is 1.20 bits per heavy atom. The molecule has 0 radical (unpaired) electrons. The number of hydrogen-bond acceptors (Lipinski definition) is 1. The number of hydrogen-bond donors (Lipinski definition) is 0. The Morgan fingerprint density at radius 2 is 1.85 bits per heavy atom. The van der Waals surface area contributed by atoms with Crippen LogP contribution < -0.4 is 0 Å². The van der Waals surface area contributed by atoms with Crippen molar-refractivity contribution >= 4 is 17.4 Å². The van der Waals surface area contributed by atoms with Gasteiger partial charge in [0.2, 0.25) is 0 Å². The first-order chi connectivity index (χ1) is 9.46. The molecule has 3 rings (SSSR count). The van der Waals surface area contributed by atoms with Crippen LogP contribution in [-0.2, 0) is 4.79 Å². The van der Waals surface area contributed by atoms with Gasteiger partial charge < -0.3 is 0 Å². The molecular formula is C18H23ClO. The third-order valence-corrected chi connectivity index (χ3v) is 5.92. The fourth-order valence-corrected chi connectivity index (χ4v) is 4.37. The Kier molecular flexibility index (Phi) is 3.44. The maximum Gasteiger partial charge on any atom is 0.143 e. The maximum absolute atomic E-state index is 13.0. The van der Waals surface area contributed by atoms with Gasteiger partial charge in [-0.3, -0.25) is 4.79 Å². The number of Topliss-reactive ketones (excluding diaryl/α,β-unsaturated/α-hetero) is 1. The van der Waals surface area contributed by atoms with E-state index in [9.17, 15) is 4.79 Å². The lowest BCUT2D eigenvalue weighted by molar-refractivity contribution is -0.135. The van der Waals surface area contributed by atoms with Gasteiger partial charge in [0.15, 0.2) is 0 Å². The number of ketones is 1. The van der Waals surface area contributed by atoms with Gasteiger partial charge in [0, 0.05) is 16.4 Å². The molecule has 0 bridgehead atoms. The first kappa shape index (κ1) is 14.1. The van der Waals surface area contributed by atoms with Crippen LogP contribution in [0.1, 0.15) is 51.5 Å². The van der Waals surface area contributed by atoms with Gasteiger partial charge in [-0.1, -0.05) is 44.5 Å². The monoisotopic (exact) mass is 290 g/mol. The van der Waals surface area contributed by atoms with E-state index in [0.29, 0.717) is 23.5 Å². The molecule has 0 saturated heterocycles. The predicted molar refractivity (Wildman–Crippen MR) is 83.0 cm³/mol. The van der Waals surface area contributed by atoms with E-state index in [1.165, 1.54) is 12.0 Å². The third-order valence-electron chi connectivity index (χ3n) is 5.67. The van der Waals surface area contributed by atoms with Gasteiger partial charge >= 0.3 is 0 Å². The second-order valence-corrected chi connectivity index (χ2v) is 7.48. The fourth-order valence-electron chi connectivity index (χ4n) is 4.25. The molecule has 2 aliphatic carbocycles. The van der Waals surface area contributed by atoms with Crippen molar-refractivity contribution in [1.29, 1.82) is 0 Å². The smallest absolute Gasteiger partial charge is 0.143 e. The Bertz CT molecular complexity index is 519. The highest BCUT2D eigenvalue weighted by molar-refractivity contribution is 6.30. The molecule has 4 atom stereocenters. The number of carbonyl (C=O) groups excluding carboxylic acids is 1. The van der Waals surface area contributed by atoms with Crippen molar-refractivity contribution in [1.82, 2.24) is 0 Å². The van der Waals surface area contributed by atoms with Crippen LogP contribution in [0.3, 0.4) is 0 Å². The number of benzene rings is 1. The SMILES string of the molecule is CC(C)[C@H]1CC[C@H](C)[C@@]2(C[C@@H]2c2ccc(Cl)cc2)C1=O. The average molecular weight is 291 g/mol. The lowest BCUT2D eigenvalue weighted by Crippen LogP contribution is -2.39. The summed E-state index contributed by atoms with van der Waals surface area (Å²) in [6, 6.07) is 8.09. The highest BCUT2D eigenvalue weighted by Crippen LogP contribution is 2.68. The minimum absolute atomic E-state index is 0.0684. The molecule has 20 heavy (non-hydrogen) atoms. The lowest BCUT2D eigenvalue weighted by atomic mass is 9.66. The fraction of sp³-hybridized carbons (Fsp3) is 0.611. The largest absolute Gasteiger partial charge is 0.299 e. The quantitative estimate of drug-likeness (QED) is 0.742. The van der Waals surface area contributed by atoms with Crippen LogP contribution in [-0.4, -0.2) is 5.78 Å². The molecule has 0 amide bonds. The van der Waals surface area contributed by atoms with E-state index in [1.54, 1.807) is 0 Å². The summed E-state index contributed by atoms with van der Waals surface area (Å²) in [6.07, 6.45) is 3.31. The second-order valence-electron chi connectivity index (χ2n) is 7.04. The zero-order valence-corrected chi connectivity index (χ0v) is 13.3. The van der Waals surface area contributed by atoms with Crippen LogP contribution in [0.15, 0.2) is 24.3 Å². The topological polar surface area (TPSA) is 17.1 Å². The molecule has 1 spiro atoms. The number of rotatable bonds is 2. The van der Waals surface area contributed by atoms with Crippen LogP contribution in [0, 0.1) is 23.2 Å². The Balaban J connectivity index is 1.88. The number of carbonyl (C=O) groups is 1. The van der Waals surface area contributed by atoms with Gasteiger partial charge in [0.1, 0.15) is 5.78 Å². The van der Waals surface area contributed by atoms with Crippen LogP contribution >= 0.6 is 11.6 Å². The Hall–Kier alpha value is -0.820. The van der Waals surface area contributed by atoms with Crippen molar-refractivity contribution in [3.05, 3.63) is 34.9 Å². The molecule has 0 heterocycles. The van der Waals surface area contributed by atoms with Crippen LogP contribution in [0.4, 0.5) is 0 Å². The van der Waals surface area contributed by atoms with Crippen molar-refractivity contribution < 1.29 is 4.79 Å². The summed E-state index contributed by atoms with van der Waals surface area (Å²) in [6.45, 7) is 6.64. The molecule has 1 aromatic rings. The zero-order valence-electron chi connectivity index (χ0n) is 12.5. The summed E-state index contributed by atoms with van der Waals surface area (Å²) in [5.41, 5.74) is 1.22. The van der Waals surface area contributed by atoms with E-state index < -0.39 is 0 Å². The van der Waals surface area contributed by atoms with Crippen molar-refractivity contribution in [2.24, 2.45) is 23.2 Å². The van der Waals surface area contributed by atoms with Gasteiger partial charge in [-0.2, -0.15) is 0 Å². The summed E-state index contributed by atoms with van der Waals surface area (Å²) < 4.78 is 0. The van der Waals surface area contributed by atoms with Crippen molar-refractivity contribution in [3.8, 4) is 0 Å². The average Bonchev–Trinajstić information content (AvgIpc) is 3.14. The molecule has 0 aliphatic heterocycles. The second kappa shape index (κ2) is 4.87. The standard InChI is InChI=1S/C18H23ClO/c1-11(2)15-9-4-12(3)18(17(15)20)10-16(18)13-5-7-14(19)8-6-13/h5-8,11-12,15-16H,4,9-10H2,1-3H3/t12-,15+,16+,18+/m0/s1. The van der Waals surface area contributed by atoms with Gasteiger partial charge in [0.05, 0.1) is 0 Å². The van der Waals surface area contributed by atoms with Gasteiger partial charge in [0.25, 0.3) is 0 Å². The van der Waals surface area contributed by atoms with Gasteiger partial charge in [-0.15, -0.1) is 0 Å². The number of halogens is 1. The van der Waals surface area contributed by atoms with Crippen molar-refractivity contribution in [2.45, 2.75) is 46.0 Å². The molecule has 1 nitrogen and oxygen atoms in total. The molecule has 1 aromatic carbocycles. The predicted octanol–water partition coefficient (Wildman–Crippen LogP) is 5.08. The molecule has 0 unspecified atom stereocenters. The van der Waals surface area contributed by atoms with Gasteiger partial charge in [-0.05, 0) is 54.7 Å². The third kappa shape index (κ3) is 2.02. The normalized spacial score (nSPS) is 36.6. The van der Waals surface area contributed by atoms with Crippen LogP contribution in [0.25, 0.3) is 0 Å². The molecule has 2 fully saturated rings. The minimum atomic E-state index is -0.0684. The molecule has 2 aliphatic rings. The molecule has 2 heteroatoms. The maximum atomic E-state index is 13.0. The molecule has 0 N–H and O–H groups in total. The molecule has 0 aromatic heterocycles. The summed E-state index contributed by atoms with van der Waals surface area (Å²) in [5, 5.41) is 0.770. The highest BCUT2D eigenvalue weighted by atomic mass is 35.5. The summed E-state index contributed by atoms with van der Waals surface area (Å²) in [7, 11) is 0. The first-order valence-electron chi connectivity index (χ1n) is 7.76. The van der Waals surface area contributed by atoms with Crippen molar-refractivity contribution in [3.63, 3.8) is 0 Å². The summed E-state index contributed by atoms with van der Waals surface area (Å²) >= 11 is 5.97. The Labute approximate surface area is 126 Å². The summed E-state index contributed by atoms with van der Waals surface area (Å²) in [4.78, 5) is 13.0. The van der Waals surface area contributed by atoms with E-state index in [4.69, 9.17) is 11.6 Å². The summed E-state index contributed by atoms with van der Waals surface area (Å²) in [5.74, 6) is 2.21. The van der Waals surface area contributed by atoms with E-state index >= 15 is 0 Å². The van der Waals surface area contributed by atoms with E-state index in [2.05, 4.69) is 32.9 Å². The van der Waals surface area contributed by atoms with Gasteiger partial charge in [-0.25, -0.2) is 0 Å². The van der Waals surface area contributed by atoms with Crippen LogP contribution in [0.5, 0.6) is 0 Å². The lowest BCUT2D eigenvalue weighted by Gasteiger charge is -2.36. The van der Waals surface area contributed by atoms with Crippen molar-refractivity contribution in [2.75, 3.05) is 0 Å². The first-order valence-corrected chi connectivity index (χ1v) is 8.14. The molecular weight excluding hydrogens is 268 g/mol. The minimum Gasteiger partial charge on any atom is -0.299 e. The van der Waals surface area contributed by atoms with E-state index in [0.717, 1.165) is 17.9 Å². The highest BCUT2D eigenvalue weighted by Gasteiger charge is 2.65.